The molecule has 1 aliphatic rings. The van der Waals surface area contributed by atoms with Gasteiger partial charge in [0.15, 0.2) is 0 Å². The average Bonchev–Trinajstić information content (AvgIpc) is 2.73. The molecule has 0 saturated heterocycles. The Morgan fingerprint density at radius 1 is 1.00 bits per heavy atom. The highest BCUT2D eigenvalue weighted by Gasteiger charge is 2.23. The molecule has 0 amide bonds. The summed E-state index contributed by atoms with van der Waals surface area (Å²) in [6.07, 6.45) is 2.36. The predicted octanol–water partition coefficient (Wildman–Crippen LogP) is 4.42. The minimum Gasteiger partial charge on any atom is -0.0843 e. The van der Waals surface area contributed by atoms with Crippen LogP contribution >= 0.6 is 11.6 Å². The summed E-state index contributed by atoms with van der Waals surface area (Å²) in [6.45, 7) is 0. The standard InChI is InChI=1S/C15H13Cl/c16-13-7-9-15-12(10-13)6-8-14(15)11-4-2-1-3-5-11/h1-5,7,9-10,14H,6,8H2. The van der Waals surface area contributed by atoms with Crippen molar-refractivity contribution in [2.45, 2.75) is 18.8 Å². The van der Waals surface area contributed by atoms with Gasteiger partial charge in [0.25, 0.3) is 0 Å². The van der Waals surface area contributed by atoms with E-state index in [9.17, 15) is 0 Å². The third-order valence-corrected chi connectivity index (χ3v) is 3.62. The summed E-state index contributed by atoms with van der Waals surface area (Å²) in [7, 11) is 0. The Bertz CT molecular complexity index is 502. The van der Waals surface area contributed by atoms with Crippen molar-refractivity contribution in [3.8, 4) is 0 Å². The Labute approximate surface area is 101 Å². The number of hydrogen-bond acceptors (Lipinski definition) is 0. The number of benzene rings is 2. The molecule has 0 aliphatic heterocycles. The second-order valence-corrected chi connectivity index (χ2v) is 4.78. The summed E-state index contributed by atoms with van der Waals surface area (Å²) < 4.78 is 0. The van der Waals surface area contributed by atoms with Gasteiger partial charge in [0, 0.05) is 10.9 Å². The molecule has 1 atom stereocenters. The van der Waals surface area contributed by atoms with Gasteiger partial charge in [-0.2, -0.15) is 0 Å². The van der Waals surface area contributed by atoms with Crippen molar-refractivity contribution in [3.63, 3.8) is 0 Å². The van der Waals surface area contributed by atoms with Gasteiger partial charge >= 0.3 is 0 Å². The van der Waals surface area contributed by atoms with Gasteiger partial charge in [0.1, 0.15) is 0 Å². The minimum absolute atomic E-state index is 0.563. The van der Waals surface area contributed by atoms with E-state index in [4.69, 9.17) is 11.6 Å². The molecule has 0 spiro atoms. The van der Waals surface area contributed by atoms with E-state index in [2.05, 4.69) is 42.5 Å². The molecule has 0 aromatic heterocycles. The van der Waals surface area contributed by atoms with Crippen molar-refractivity contribution in [2.75, 3.05) is 0 Å². The van der Waals surface area contributed by atoms with Crippen LogP contribution in [-0.2, 0) is 6.42 Å². The Morgan fingerprint density at radius 3 is 2.62 bits per heavy atom. The number of halogens is 1. The quantitative estimate of drug-likeness (QED) is 0.678. The van der Waals surface area contributed by atoms with E-state index >= 15 is 0 Å². The molecule has 1 heteroatoms. The first-order chi connectivity index (χ1) is 7.84. The molecule has 2 aromatic carbocycles. The molecule has 0 fully saturated rings. The lowest BCUT2D eigenvalue weighted by molar-refractivity contribution is 0.788. The maximum atomic E-state index is 6.02. The van der Waals surface area contributed by atoms with E-state index in [-0.39, 0.29) is 0 Å². The fraction of sp³-hybridized carbons (Fsp3) is 0.200. The maximum absolute atomic E-state index is 6.02. The number of aryl methyl sites for hydroxylation is 1. The largest absolute Gasteiger partial charge is 0.0843 e. The molecule has 16 heavy (non-hydrogen) atoms. The minimum atomic E-state index is 0.563. The molecule has 1 unspecified atom stereocenters. The Morgan fingerprint density at radius 2 is 1.81 bits per heavy atom. The summed E-state index contributed by atoms with van der Waals surface area (Å²) in [5, 5.41) is 0.854. The lowest BCUT2D eigenvalue weighted by atomic mass is 9.93. The second-order valence-electron chi connectivity index (χ2n) is 4.35. The lowest BCUT2D eigenvalue weighted by Gasteiger charge is -2.11. The van der Waals surface area contributed by atoms with Crippen molar-refractivity contribution in [1.29, 1.82) is 0 Å². The summed E-state index contributed by atoms with van der Waals surface area (Å²) in [5.74, 6) is 0.563. The third kappa shape index (κ3) is 1.64. The summed E-state index contributed by atoms with van der Waals surface area (Å²) in [5.41, 5.74) is 4.29. The van der Waals surface area contributed by atoms with Gasteiger partial charge in [-0.15, -0.1) is 0 Å². The first kappa shape index (κ1) is 9.92. The van der Waals surface area contributed by atoms with Gasteiger partial charge in [-0.1, -0.05) is 48.0 Å². The van der Waals surface area contributed by atoms with Crippen LogP contribution in [0.2, 0.25) is 5.02 Å². The topological polar surface area (TPSA) is 0 Å². The Hall–Kier alpha value is -1.27. The van der Waals surface area contributed by atoms with Crippen LogP contribution in [0.5, 0.6) is 0 Å². The highest BCUT2D eigenvalue weighted by molar-refractivity contribution is 6.30. The predicted molar refractivity (Wildman–Crippen MR) is 68.1 cm³/mol. The molecule has 0 N–H and O–H groups in total. The first-order valence-corrected chi connectivity index (χ1v) is 6.05. The second kappa shape index (κ2) is 3.95. The van der Waals surface area contributed by atoms with E-state index in [1.807, 2.05) is 6.07 Å². The van der Waals surface area contributed by atoms with Gasteiger partial charge in [-0.3, -0.25) is 0 Å². The van der Waals surface area contributed by atoms with Crippen LogP contribution in [0.3, 0.4) is 0 Å². The van der Waals surface area contributed by atoms with Crippen molar-refractivity contribution in [1.82, 2.24) is 0 Å². The van der Waals surface area contributed by atoms with E-state index in [1.54, 1.807) is 0 Å². The van der Waals surface area contributed by atoms with Gasteiger partial charge < -0.3 is 0 Å². The number of fused-ring (bicyclic) bond motifs is 1. The summed E-state index contributed by atoms with van der Waals surface area (Å²) in [4.78, 5) is 0. The molecule has 0 heterocycles. The first-order valence-electron chi connectivity index (χ1n) is 5.68. The molecule has 80 valence electrons. The molecule has 0 nitrogen and oxygen atoms in total. The molecule has 3 rings (SSSR count). The molecular weight excluding hydrogens is 216 g/mol. The highest BCUT2D eigenvalue weighted by Crippen LogP contribution is 2.38. The van der Waals surface area contributed by atoms with Crippen molar-refractivity contribution in [3.05, 3.63) is 70.2 Å². The van der Waals surface area contributed by atoms with Crippen LogP contribution in [0.15, 0.2) is 48.5 Å². The summed E-state index contributed by atoms with van der Waals surface area (Å²) in [6, 6.07) is 17.0. The zero-order chi connectivity index (χ0) is 11.0. The van der Waals surface area contributed by atoms with Gasteiger partial charge in [-0.05, 0) is 41.7 Å². The molecule has 1 aliphatic carbocycles. The van der Waals surface area contributed by atoms with Gasteiger partial charge in [0.2, 0.25) is 0 Å². The third-order valence-electron chi connectivity index (χ3n) is 3.38. The van der Waals surface area contributed by atoms with E-state index < -0.39 is 0 Å². The van der Waals surface area contributed by atoms with Crippen LogP contribution in [-0.4, -0.2) is 0 Å². The molecular formula is C15H13Cl. The molecule has 0 saturated carbocycles. The van der Waals surface area contributed by atoms with Crippen molar-refractivity contribution in [2.24, 2.45) is 0 Å². The van der Waals surface area contributed by atoms with Crippen molar-refractivity contribution >= 4 is 11.6 Å². The average molecular weight is 229 g/mol. The molecule has 0 bridgehead atoms. The van der Waals surface area contributed by atoms with E-state index in [0.29, 0.717) is 5.92 Å². The monoisotopic (exact) mass is 228 g/mol. The van der Waals surface area contributed by atoms with Crippen LogP contribution in [0.25, 0.3) is 0 Å². The normalized spacial score (nSPS) is 18.4. The smallest absolute Gasteiger partial charge is 0.0408 e. The zero-order valence-corrected chi connectivity index (χ0v) is 9.74. The van der Waals surface area contributed by atoms with Crippen LogP contribution in [0.1, 0.15) is 29.0 Å². The van der Waals surface area contributed by atoms with Crippen LogP contribution in [0.4, 0.5) is 0 Å². The number of rotatable bonds is 1. The summed E-state index contributed by atoms with van der Waals surface area (Å²) >= 11 is 6.02. The maximum Gasteiger partial charge on any atom is 0.0408 e. The Balaban J connectivity index is 2.04. The molecule has 2 aromatic rings. The fourth-order valence-electron chi connectivity index (χ4n) is 2.62. The Kier molecular flexibility index (Phi) is 2.45. The van der Waals surface area contributed by atoms with Crippen LogP contribution in [0, 0.1) is 0 Å². The highest BCUT2D eigenvalue weighted by atomic mass is 35.5. The van der Waals surface area contributed by atoms with E-state index in [0.717, 1.165) is 11.4 Å². The fourth-order valence-corrected chi connectivity index (χ4v) is 2.81. The van der Waals surface area contributed by atoms with Crippen molar-refractivity contribution < 1.29 is 0 Å². The SMILES string of the molecule is Clc1ccc2c(c1)CCC2c1ccccc1. The lowest BCUT2D eigenvalue weighted by Crippen LogP contribution is -1.95. The zero-order valence-electron chi connectivity index (χ0n) is 8.99. The van der Waals surface area contributed by atoms with Gasteiger partial charge in [-0.25, -0.2) is 0 Å². The van der Waals surface area contributed by atoms with Crippen LogP contribution < -0.4 is 0 Å². The molecule has 0 radical (unpaired) electrons. The van der Waals surface area contributed by atoms with Gasteiger partial charge in [0.05, 0.1) is 0 Å². The van der Waals surface area contributed by atoms with E-state index in [1.165, 1.54) is 23.1 Å². The number of hydrogen-bond donors (Lipinski definition) is 0.